The summed E-state index contributed by atoms with van der Waals surface area (Å²) in [5, 5.41) is 3.46. The van der Waals surface area contributed by atoms with Crippen LogP contribution in [0.4, 0.5) is 0 Å². The Bertz CT molecular complexity index is 272. The molecule has 0 aromatic heterocycles. The van der Waals surface area contributed by atoms with Gasteiger partial charge in [-0.05, 0) is 57.7 Å². The molecule has 1 unspecified atom stereocenters. The van der Waals surface area contributed by atoms with Crippen molar-refractivity contribution in [2.75, 3.05) is 26.2 Å². The van der Waals surface area contributed by atoms with Crippen molar-refractivity contribution in [3.8, 4) is 0 Å². The highest BCUT2D eigenvalue weighted by molar-refractivity contribution is 5.86. The van der Waals surface area contributed by atoms with Crippen molar-refractivity contribution in [3.05, 3.63) is 0 Å². The fourth-order valence-electron chi connectivity index (χ4n) is 2.91. The maximum atomic E-state index is 11.9. The molecule has 2 aliphatic rings. The molecule has 17 heavy (non-hydrogen) atoms. The lowest BCUT2D eigenvalue weighted by Crippen LogP contribution is -2.63. The number of likely N-dealkylation sites (tertiary alicyclic amines) is 1. The standard InChI is InChI=1S/C13H25N3O/c1-2-7-15-13(12(14)17,11-5-6-11)10-16-8-3-4-9-16/h11,15H,2-10H2,1H3,(H2,14,17). The molecule has 2 rings (SSSR count). The van der Waals surface area contributed by atoms with Gasteiger partial charge in [-0.1, -0.05) is 6.92 Å². The van der Waals surface area contributed by atoms with Gasteiger partial charge in [0.15, 0.2) is 0 Å². The van der Waals surface area contributed by atoms with Crippen LogP contribution in [0.3, 0.4) is 0 Å². The highest BCUT2D eigenvalue weighted by Gasteiger charge is 2.50. The van der Waals surface area contributed by atoms with Crippen LogP contribution >= 0.6 is 0 Å². The molecule has 4 heteroatoms. The number of amides is 1. The van der Waals surface area contributed by atoms with Crippen molar-refractivity contribution < 1.29 is 4.79 Å². The molecule has 0 radical (unpaired) electrons. The van der Waals surface area contributed by atoms with Gasteiger partial charge in [0, 0.05) is 6.54 Å². The number of carbonyl (C=O) groups excluding carboxylic acids is 1. The third-order valence-corrected chi connectivity index (χ3v) is 4.08. The van der Waals surface area contributed by atoms with Crippen LogP contribution in [0, 0.1) is 5.92 Å². The molecule has 4 nitrogen and oxygen atoms in total. The number of nitrogens with two attached hydrogens (primary N) is 1. The van der Waals surface area contributed by atoms with Gasteiger partial charge in [0.2, 0.25) is 5.91 Å². The molecule has 3 N–H and O–H groups in total. The van der Waals surface area contributed by atoms with E-state index in [4.69, 9.17) is 5.73 Å². The molecular weight excluding hydrogens is 214 g/mol. The predicted octanol–water partition coefficient (Wildman–Crippen LogP) is 0.716. The van der Waals surface area contributed by atoms with Crippen molar-refractivity contribution in [1.29, 1.82) is 0 Å². The van der Waals surface area contributed by atoms with Crippen LogP contribution in [0.25, 0.3) is 0 Å². The van der Waals surface area contributed by atoms with Gasteiger partial charge in [0.1, 0.15) is 5.54 Å². The number of primary amides is 1. The van der Waals surface area contributed by atoms with E-state index in [-0.39, 0.29) is 5.91 Å². The number of rotatable bonds is 7. The Hall–Kier alpha value is -0.610. The van der Waals surface area contributed by atoms with E-state index in [1.807, 2.05) is 0 Å². The fourth-order valence-corrected chi connectivity index (χ4v) is 2.91. The van der Waals surface area contributed by atoms with Gasteiger partial charge >= 0.3 is 0 Å². The van der Waals surface area contributed by atoms with Gasteiger partial charge in [-0.3, -0.25) is 4.79 Å². The van der Waals surface area contributed by atoms with Crippen LogP contribution in [0.1, 0.15) is 39.0 Å². The normalized spacial score (nSPS) is 24.8. The lowest BCUT2D eigenvalue weighted by molar-refractivity contribution is -0.126. The molecule has 2 fully saturated rings. The van der Waals surface area contributed by atoms with Crippen LogP contribution in [0.5, 0.6) is 0 Å². The summed E-state index contributed by atoms with van der Waals surface area (Å²) in [5.41, 5.74) is 5.25. The third-order valence-electron chi connectivity index (χ3n) is 4.08. The Morgan fingerprint density at radius 3 is 2.53 bits per heavy atom. The second-order valence-corrected chi connectivity index (χ2v) is 5.52. The van der Waals surface area contributed by atoms with Crippen LogP contribution in [-0.2, 0) is 4.79 Å². The smallest absolute Gasteiger partial charge is 0.239 e. The molecule has 98 valence electrons. The SMILES string of the molecule is CCCNC(CN1CCCC1)(C(N)=O)C1CC1. The Kier molecular flexibility index (Phi) is 4.05. The molecule has 1 saturated heterocycles. The van der Waals surface area contributed by atoms with Crippen LogP contribution in [0.2, 0.25) is 0 Å². The Labute approximate surface area is 104 Å². The number of hydrogen-bond donors (Lipinski definition) is 2. The van der Waals surface area contributed by atoms with Gasteiger partial charge in [0.05, 0.1) is 0 Å². The summed E-state index contributed by atoms with van der Waals surface area (Å²) in [7, 11) is 0. The molecule has 1 heterocycles. The van der Waals surface area contributed by atoms with E-state index in [1.165, 1.54) is 12.8 Å². The minimum Gasteiger partial charge on any atom is -0.368 e. The largest absolute Gasteiger partial charge is 0.368 e. The fraction of sp³-hybridized carbons (Fsp3) is 0.923. The topological polar surface area (TPSA) is 58.4 Å². The zero-order valence-electron chi connectivity index (χ0n) is 10.9. The van der Waals surface area contributed by atoms with E-state index in [0.717, 1.165) is 45.4 Å². The van der Waals surface area contributed by atoms with Gasteiger partial charge in [-0.2, -0.15) is 0 Å². The maximum Gasteiger partial charge on any atom is 0.239 e. The molecule has 1 amide bonds. The van der Waals surface area contributed by atoms with Gasteiger partial charge in [0.25, 0.3) is 0 Å². The van der Waals surface area contributed by atoms with Crippen molar-refractivity contribution in [2.24, 2.45) is 11.7 Å². The summed E-state index contributed by atoms with van der Waals surface area (Å²) in [6.07, 6.45) is 5.85. The van der Waals surface area contributed by atoms with Gasteiger partial charge in [-0.15, -0.1) is 0 Å². The average Bonchev–Trinajstić information content (AvgIpc) is 3.04. The van der Waals surface area contributed by atoms with E-state index in [9.17, 15) is 4.79 Å². The van der Waals surface area contributed by atoms with Crippen molar-refractivity contribution in [2.45, 2.75) is 44.6 Å². The lowest BCUT2D eigenvalue weighted by atomic mass is 9.91. The van der Waals surface area contributed by atoms with Crippen molar-refractivity contribution in [1.82, 2.24) is 10.2 Å². The van der Waals surface area contributed by atoms with Crippen LogP contribution < -0.4 is 11.1 Å². The third kappa shape index (κ3) is 2.80. The first-order valence-electron chi connectivity index (χ1n) is 6.96. The second kappa shape index (κ2) is 5.36. The molecule has 1 aliphatic heterocycles. The summed E-state index contributed by atoms with van der Waals surface area (Å²) in [5.74, 6) is 0.313. The first-order valence-corrected chi connectivity index (χ1v) is 6.96. The average molecular weight is 239 g/mol. The summed E-state index contributed by atoms with van der Waals surface area (Å²) >= 11 is 0. The molecule has 0 aromatic rings. The van der Waals surface area contributed by atoms with Crippen LogP contribution in [0.15, 0.2) is 0 Å². The van der Waals surface area contributed by atoms with Crippen molar-refractivity contribution in [3.63, 3.8) is 0 Å². The Morgan fingerprint density at radius 1 is 1.41 bits per heavy atom. The molecule has 0 spiro atoms. The van der Waals surface area contributed by atoms with Crippen molar-refractivity contribution >= 4 is 5.91 Å². The zero-order valence-corrected chi connectivity index (χ0v) is 10.9. The van der Waals surface area contributed by atoms with E-state index in [2.05, 4.69) is 17.1 Å². The summed E-state index contributed by atoms with van der Waals surface area (Å²) < 4.78 is 0. The number of nitrogens with zero attached hydrogens (tertiary/aromatic N) is 1. The van der Waals surface area contributed by atoms with E-state index in [1.54, 1.807) is 0 Å². The van der Waals surface area contributed by atoms with E-state index >= 15 is 0 Å². The molecule has 1 saturated carbocycles. The van der Waals surface area contributed by atoms with Gasteiger partial charge in [-0.25, -0.2) is 0 Å². The maximum absolute atomic E-state index is 11.9. The van der Waals surface area contributed by atoms with Crippen LogP contribution in [-0.4, -0.2) is 42.5 Å². The Morgan fingerprint density at radius 2 is 2.06 bits per heavy atom. The monoisotopic (exact) mass is 239 g/mol. The second-order valence-electron chi connectivity index (χ2n) is 5.52. The first-order chi connectivity index (χ1) is 8.19. The number of nitrogens with one attached hydrogen (secondary N) is 1. The predicted molar refractivity (Wildman–Crippen MR) is 68.6 cm³/mol. The summed E-state index contributed by atoms with van der Waals surface area (Å²) in [6.45, 7) is 6.06. The molecular formula is C13H25N3O. The minimum absolute atomic E-state index is 0.152. The van der Waals surface area contributed by atoms with E-state index < -0.39 is 5.54 Å². The lowest BCUT2D eigenvalue weighted by Gasteiger charge is -2.35. The summed E-state index contributed by atoms with van der Waals surface area (Å²) in [4.78, 5) is 14.3. The number of carbonyl (C=O) groups is 1. The molecule has 1 aliphatic carbocycles. The number of hydrogen-bond acceptors (Lipinski definition) is 3. The molecule has 1 atom stereocenters. The molecule has 0 aromatic carbocycles. The summed E-state index contributed by atoms with van der Waals surface area (Å²) in [6, 6.07) is 0. The first kappa shape index (κ1) is 12.8. The Balaban J connectivity index is 2.05. The minimum atomic E-state index is -0.458. The zero-order chi connectivity index (χ0) is 12.3. The van der Waals surface area contributed by atoms with E-state index in [0.29, 0.717) is 5.92 Å². The highest BCUT2D eigenvalue weighted by atomic mass is 16.1. The molecule has 0 bridgehead atoms. The van der Waals surface area contributed by atoms with Gasteiger partial charge < -0.3 is 16.0 Å². The highest BCUT2D eigenvalue weighted by Crippen LogP contribution is 2.40. The quantitative estimate of drug-likeness (QED) is 0.688.